The van der Waals surface area contributed by atoms with E-state index in [0.29, 0.717) is 5.71 Å². The van der Waals surface area contributed by atoms with Crippen LogP contribution in [-0.2, 0) is 0 Å². The number of hydrogen-bond donors (Lipinski definition) is 0. The molecule has 198 valence electrons. The third-order valence-electron chi connectivity index (χ3n) is 7.94. The molecular formula is C39H26N2O. The molecule has 6 aromatic carbocycles. The highest BCUT2D eigenvalue weighted by molar-refractivity contribution is 6.12. The molecule has 8 aromatic rings. The van der Waals surface area contributed by atoms with Crippen LogP contribution in [-0.4, -0.2) is 4.98 Å². The first-order valence-electron chi connectivity index (χ1n) is 14.1. The Bertz CT molecular complexity index is 2180. The van der Waals surface area contributed by atoms with Gasteiger partial charge in [-0.15, -0.1) is 0 Å². The Morgan fingerprint density at radius 1 is 0.476 bits per heavy atom. The molecule has 0 radical (unpaired) electrons. The lowest BCUT2D eigenvalue weighted by Gasteiger charge is -2.26. The van der Waals surface area contributed by atoms with Crippen molar-refractivity contribution in [1.29, 1.82) is 0 Å². The molecular weight excluding hydrogens is 512 g/mol. The summed E-state index contributed by atoms with van der Waals surface area (Å²) >= 11 is 0. The van der Waals surface area contributed by atoms with E-state index in [4.69, 9.17) is 4.42 Å². The van der Waals surface area contributed by atoms with Gasteiger partial charge < -0.3 is 9.32 Å². The highest BCUT2D eigenvalue weighted by atomic mass is 16.3. The Kier molecular flexibility index (Phi) is 5.79. The Labute approximate surface area is 243 Å². The lowest BCUT2D eigenvalue weighted by molar-refractivity contribution is 0.654. The van der Waals surface area contributed by atoms with Crippen molar-refractivity contribution in [3.05, 3.63) is 158 Å². The first-order valence-corrected chi connectivity index (χ1v) is 14.1. The van der Waals surface area contributed by atoms with Gasteiger partial charge in [0.2, 0.25) is 5.71 Å². The highest BCUT2D eigenvalue weighted by Gasteiger charge is 2.20. The van der Waals surface area contributed by atoms with Crippen LogP contribution in [0.5, 0.6) is 0 Å². The lowest BCUT2D eigenvalue weighted by atomic mass is 10.0. The fourth-order valence-electron chi connectivity index (χ4n) is 5.85. The summed E-state index contributed by atoms with van der Waals surface area (Å²) in [5.74, 6) is 0. The van der Waals surface area contributed by atoms with Gasteiger partial charge in [-0.1, -0.05) is 109 Å². The molecule has 0 saturated heterocycles. The number of rotatable bonds is 5. The average molecular weight is 539 g/mol. The minimum atomic E-state index is 0.632. The second-order valence-corrected chi connectivity index (χ2v) is 10.5. The number of fused-ring (bicyclic) bond motifs is 4. The molecule has 0 amide bonds. The van der Waals surface area contributed by atoms with Gasteiger partial charge in [-0.3, -0.25) is 0 Å². The molecule has 0 aliphatic heterocycles. The molecule has 3 nitrogen and oxygen atoms in total. The van der Waals surface area contributed by atoms with Crippen LogP contribution in [0.1, 0.15) is 0 Å². The summed E-state index contributed by atoms with van der Waals surface area (Å²) in [4.78, 5) is 6.88. The van der Waals surface area contributed by atoms with Gasteiger partial charge in [0.1, 0.15) is 5.58 Å². The van der Waals surface area contributed by atoms with Gasteiger partial charge in [-0.25, -0.2) is 4.98 Å². The van der Waals surface area contributed by atoms with Crippen molar-refractivity contribution in [3.63, 3.8) is 0 Å². The second-order valence-electron chi connectivity index (χ2n) is 10.5. The molecule has 0 atom stereocenters. The van der Waals surface area contributed by atoms with Gasteiger partial charge in [0.25, 0.3) is 0 Å². The summed E-state index contributed by atoms with van der Waals surface area (Å²) in [6, 6.07) is 53.4. The van der Waals surface area contributed by atoms with Gasteiger partial charge in [0.15, 0.2) is 0 Å². The standard InChI is InChI=1S/C39H26N2O/c1-2-8-27(9-3-1)29-16-20-33(21-17-29)41(36-24-25-40-39-38(36)35-12-6-7-13-37(35)42-39)34-22-18-30(19-23-34)32-15-14-28-10-4-5-11-31(28)26-32/h1-26H. The number of benzene rings is 6. The molecule has 2 heterocycles. The van der Waals surface area contributed by atoms with E-state index in [0.717, 1.165) is 33.4 Å². The number of nitrogens with zero attached hydrogens (tertiary/aromatic N) is 2. The van der Waals surface area contributed by atoms with Crippen molar-refractivity contribution >= 4 is 49.9 Å². The topological polar surface area (TPSA) is 29.3 Å². The molecule has 0 fully saturated rings. The molecule has 3 heteroatoms. The minimum absolute atomic E-state index is 0.632. The van der Waals surface area contributed by atoms with Crippen LogP contribution in [0.3, 0.4) is 0 Å². The van der Waals surface area contributed by atoms with E-state index >= 15 is 0 Å². The predicted molar refractivity (Wildman–Crippen MR) is 175 cm³/mol. The van der Waals surface area contributed by atoms with E-state index in [2.05, 4.69) is 137 Å². The van der Waals surface area contributed by atoms with E-state index in [1.807, 2.05) is 30.5 Å². The van der Waals surface area contributed by atoms with Crippen LogP contribution >= 0.6 is 0 Å². The van der Waals surface area contributed by atoms with Crippen LogP contribution in [0.15, 0.2) is 162 Å². The normalized spacial score (nSPS) is 11.3. The van der Waals surface area contributed by atoms with E-state index in [9.17, 15) is 0 Å². The molecule has 0 bridgehead atoms. The lowest BCUT2D eigenvalue weighted by Crippen LogP contribution is -2.10. The Balaban J connectivity index is 1.27. The molecule has 0 N–H and O–H groups in total. The molecule has 0 aliphatic rings. The molecule has 0 aliphatic carbocycles. The Morgan fingerprint density at radius 3 is 1.83 bits per heavy atom. The van der Waals surface area contributed by atoms with Gasteiger partial charge in [0.05, 0.1) is 11.1 Å². The van der Waals surface area contributed by atoms with Crippen LogP contribution in [0.2, 0.25) is 0 Å². The zero-order valence-electron chi connectivity index (χ0n) is 22.8. The Hall–Kier alpha value is -5.67. The van der Waals surface area contributed by atoms with Crippen LogP contribution < -0.4 is 4.90 Å². The van der Waals surface area contributed by atoms with E-state index in [1.165, 1.54) is 33.0 Å². The number of furan rings is 1. The van der Waals surface area contributed by atoms with Crippen LogP contribution in [0, 0.1) is 0 Å². The number of para-hydroxylation sites is 1. The monoisotopic (exact) mass is 538 g/mol. The Morgan fingerprint density at radius 2 is 1.07 bits per heavy atom. The average Bonchev–Trinajstić information content (AvgIpc) is 3.45. The smallest absolute Gasteiger partial charge is 0.229 e. The van der Waals surface area contributed by atoms with Crippen LogP contribution in [0.25, 0.3) is 55.1 Å². The summed E-state index contributed by atoms with van der Waals surface area (Å²) < 4.78 is 6.17. The third kappa shape index (κ3) is 4.20. The summed E-state index contributed by atoms with van der Waals surface area (Å²) in [6.07, 6.45) is 1.83. The fourth-order valence-corrected chi connectivity index (χ4v) is 5.85. The van der Waals surface area contributed by atoms with Crippen molar-refractivity contribution in [1.82, 2.24) is 4.98 Å². The number of aromatic nitrogens is 1. The van der Waals surface area contributed by atoms with Crippen LogP contribution in [0.4, 0.5) is 17.1 Å². The van der Waals surface area contributed by atoms with Gasteiger partial charge in [0, 0.05) is 23.0 Å². The number of hydrogen-bond acceptors (Lipinski definition) is 3. The molecule has 2 aromatic heterocycles. The highest BCUT2D eigenvalue weighted by Crippen LogP contribution is 2.42. The van der Waals surface area contributed by atoms with Crippen molar-refractivity contribution in [2.75, 3.05) is 4.90 Å². The molecule has 0 spiro atoms. The SMILES string of the molecule is c1ccc(-c2ccc(N(c3ccc(-c4ccc5ccccc5c4)cc3)c3ccnc4oc5ccccc5c34)cc2)cc1. The molecule has 8 rings (SSSR count). The molecule has 0 saturated carbocycles. The van der Waals surface area contributed by atoms with Gasteiger partial charge in [-0.2, -0.15) is 0 Å². The van der Waals surface area contributed by atoms with Gasteiger partial charge >= 0.3 is 0 Å². The predicted octanol–water partition coefficient (Wildman–Crippen LogP) is 10.9. The van der Waals surface area contributed by atoms with Gasteiger partial charge in [-0.05, 0) is 75.5 Å². The first-order chi connectivity index (χ1) is 20.8. The zero-order chi connectivity index (χ0) is 27.9. The maximum atomic E-state index is 6.17. The third-order valence-corrected chi connectivity index (χ3v) is 7.94. The zero-order valence-corrected chi connectivity index (χ0v) is 22.8. The largest absolute Gasteiger partial charge is 0.438 e. The molecule has 0 unspecified atom stereocenters. The van der Waals surface area contributed by atoms with Crippen molar-refractivity contribution in [2.45, 2.75) is 0 Å². The van der Waals surface area contributed by atoms with E-state index in [-0.39, 0.29) is 0 Å². The number of anilines is 3. The quantitative estimate of drug-likeness (QED) is 0.218. The fraction of sp³-hybridized carbons (Fsp3) is 0. The maximum absolute atomic E-state index is 6.17. The maximum Gasteiger partial charge on any atom is 0.229 e. The number of pyridine rings is 1. The van der Waals surface area contributed by atoms with Crippen molar-refractivity contribution in [2.24, 2.45) is 0 Å². The summed E-state index contributed by atoms with van der Waals surface area (Å²) in [6.45, 7) is 0. The van der Waals surface area contributed by atoms with E-state index < -0.39 is 0 Å². The summed E-state index contributed by atoms with van der Waals surface area (Å²) in [5, 5.41) is 4.54. The van der Waals surface area contributed by atoms with Crippen molar-refractivity contribution in [3.8, 4) is 22.3 Å². The van der Waals surface area contributed by atoms with E-state index in [1.54, 1.807) is 0 Å². The first kappa shape index (κ1) is 24.2. The second kappa shape index (κ2) is 10.1. The summed E-state index contributed by atoms with van der Waals surface area (Å²) in [5.41, 5.74) is 9.36. The summed E-state index contributed by atoms with van der Waals surface area (Å²) in [7, 11) is 0. The minimum Gasteiger partial charge on any atom is -0.438 e. The molecule has 42 heavy (non-hydrogen) atoms. The van der Waals surface area contributed by atoms with Crippen molar-refractivity contribution < 1.29 is 4.42 Å².